The van der Waals surface area contributed by atoms with Gasteiger partial charge in [0.05, 0.1) is 12.3 Å². The molecule has 0 bridgehead atoms. The second-order valence-electron chi connectivity index (χ2n) is 2.47. The number of hydrogen-bond acceptors (Lipinski definition) is 4. The average molecular weight is 164 g/mol. The molecule has 0 aliphatic carbocycles. The Morgan fingerprint density at radius 2 is 2.33 bits per heavy atom. The maximum atomic E-state index is 8.86. The van der Waals surface area contributed by atoms with Crippen molar-refractivity contribution in [1.82, 2.24) is 15.2 Å². The van der Waals surface area contributed by atoms with E-state index in [1.165, 1.54) is 0 Å². The van der Waals surface area contributed by atoms with E-state index in [0.29, 0.717) is 17.2 Å². The van der Waals surface area contributed by atoms with Gasteiger partial charge in [-0.2, -0.15) is 5.10 Å². The van der Waals surface area contributed by atoms with Crippen LogP contribution >= 0.6 is 0 Å². The highest BCUT2D eigenvalue weighted by atomic mass is 16.3. The monoisotopic (exact) mass is 164 g/mol. The van der Waals surface area contributed by atoms with Gasteiger partial charge in [0.1, 0.15) is 5.82 Å². The first kappa shape index (κ1) is 7.05. The van der Waals surface area contributed by atoms with Crippen molar-refractivity contribution in [3.05, 3.63) is 17.8 Å². The number of aliphatic hydroxyl groups is 1. The van der Waals surface area contributed by atoms with E-state index >= 15 is 0 Å². The second kappa shape index (κ2) is 2.46. The first-order valence-electron chi connectivity index (χ1n) is 3.51. The van der Waals surface area contributed by atoms with Crippen LogP contribution in [0.1, 0.15) is 5.69 Å². The van der Waals surface area contributed by atoms with Gasteiger partial charge in [0.2, 0.25) is 0 Å². The average Bonchev–Trinajstić information content (AvgIpc) is 2.46. The molecule has 0 spiro atoms. The van der Waals surface area contributed by atoms with Gasteiger partial charge in [0.25, 0.3) is 0 Å². The number of nitrogen functional groups attached to an aromatic ring is 1. The molecule has 0 saturated carbocycles. The van der Waals surface area contributed by atoms with Crippen molar-refractivity contribution < 1.29 is 5.11 Å². The van der Waals surface area contributed by atoms with E-state index in [0.717, 1.165) is 5.39 Å². The van der Waals surface area contributed by atoms with Crippen molar-refractivity contribution in [2.75, 3.05) is 5.73 Å². The zero-order valence-electron chi connectivity index (χ0n) is 6.28. The van der Waals surface area contributed by atoms with Gasteiger partial charge in [-0.1, -0.05) is 0 Å². The summed E-state index contributed by atoms with van der Waals surface area (Å²) in [6.45, 7) is -0.0674. The molecule has 0 aliphatic rings. The highest BCUT2D eigenvalue weighted by Gasteiger charge is 2.04. The topological polar surface area (TPSA) is 87.8 Å². The number of nitrogens with zero attached hydrogens (tertiary/aromatic N) is 2. The summed E-state index contributed by atoms with van der Waals surface area (Å²) in [6, 6.07) is 3.46. The number of aromatic nitrogens is 3. The molecule has 0 atom stereocenters. The number of aromatic amines is 1. The van der Waals surface area contributed by atoms with Crippen LogP contribution < -0.4 is 5.73 Å². The van der Waals surface area contributed by atoms with Gasteiger partial charge >= 0.3 is 0 Å². The molecule has 0 aliphatic heterocycles. The Morgan fingerprint density at radius 1 is 1.50 bits per heavy atom. The SMILES string of the molecule is Nc1ccc2c(CO)[nH]nc2n1. The van der Waals surface area contributed by atoms with Crippen LogP contribution in [0, 0.1) is 0 Å². The first-order valence-corrected chi connectivity index (χ1v) is 3.51. The molecule has 0 aromatic carbocycles. The molecular formula is C7H8N4O. The Morgan fingerprint density at radius 3 is 3.08 bits per heavy atom. The van der Waals surface area contributed by atoms with E-state index < -0.39 is 0 Å². The lowest BCUT2D eigenvalue weighted by Crippen LogP contribution is -1.89. The quantitative estimate of drug-likeness (QED) is 0.555. The molecule has 12 heavy (non-hydrogen) atoms. The Labute approximate surface area is 68.2 Å². The number of rotatable bonds is 1. The maximum absolute atomic E-state index is 8.86. The Bertz CT molecular complexity index is 409. The van der Waals surface area contributed by atoms with Crippen LogP contribution in [-0.4, -0.2) is 20.3 Å². The number of hydrogen-bond donors (Lipinski definition) is 3. The minimum atomic E-state index is -0.0674. The van der Waals surface area contributed by atoms with Gasteiger partial charge in [0, 0.05) is 5.39 Å². The van der Waals surface area contributed by atoms with Gasteiger partial charge in [0.15, 0.2) is 5.65 Å². The molecule has 0 fully saturated rings. The number of fused-ring (bicyclic) bond motifs is 1. The van der Waals surface area contributed by atoms with Crippen molar-refractivity contribution in [3.8, 4) is 0 Å². The number of anilines is 1. The highest BCUT2D eigenvalue weighted by Crippen LogP contribution is 2.14. The molecule has 4 N–H and O–H groups in total. The molecule has 2 aromatic rings. The number of aliphatic hydroxyl groups excluding tert-OH is 1. The van der Waals surface area contributed by atoms with E-state index in [1.54, 1.807) is 12.1 Å². The van der Waals surface area contributed by atoms with Crippen LogP contribution in [0.5, 0.6) is 0 Å². The number of H-pyrrole nitrogens is 1. The first-order chi connectivity index (χ1) is 5.81. The lowest BCUT2D eigenvalue weighted by atomic mass is 10.3. The summed E-state index contributed by atoms with van der Waals surface area (Å²) in [6.07, 6.45) is 0. The van der Waals surface area contributed by atoms with Crippen LogP contribution in [0.4, 0.5) is 5.82 Å². The molecular weight excluding hydrogens is 156 g/mol. The third-order valence-electron chi connectivity index (χ3n) is 1.68. The summed E-state index contributed by atoms with van der Waals surface area (Å²) in [5.74, 6) is 0.429. The third-order valence-corrected chi connectivity index (χ3v) is 1.68. The smallest absolute Gasteiger partial charge is 0.183 e. The number of nitrogens with one attached hydrogen (secondary N) is 1. The summed E-state index contributed by atoms with van der Waals surface area (Å²) in [5.41, 5.74) is 6.65. The van der Waals surface area contributed by atoms with Crippen molar-refractivity contribution in [3.63, 3.8) is 0 Å². The molecule has 2 rings (SSSR count). The van der Waals surface area contributed by atoms with E-state index in [4.69, 9.17) is 10.8 Å². The van der Waals surface area contributed by atoms with Crippen molar-refractivity contribution in [1.29, 1.82) is 0 Å². The summed E-state index contributed by atoms with van der Waals surface area (Å²) in [7, 11) is 0. The number of pyridine rings is 1. The Hall–Kier alpha value is -1.62. The second-order valence-corrected chi connectivity index (χ2v) is 2.47. The van der Waals surface area contributed by atoms with Gasteiger partial charge in [-0.05, 0) is 12.1 Å². The third kappa shape index (κ3) is 0.911. The molecule has 2 heterocycles. The standard InChI is InChI=1S/C7H8N4O/c8-6-2-1-4-5(3-12)10-11-7(4)9-6/h1-2,12H,3H2,(H3,8,9,10,11). The normalized spacial score (nSPS) is 10.8. The Kier molecular flexibility index (Phi) is 1.44. The van der Waals surface area contributed by atoms with Crippen molar-refractivity contribution >= 4 is 16.9 Å². The van der Waals surface area contributed by atoms with Crippen LogP contribution in [0.3, 0.4) is 0 Å². The zero-order chi connectivity index (χ0) is 8.55. The molecule has 62 valence electrons. The molecule has 0 radical (unpaired) electrons. The lowest BCUT2D eigenvalue weighted by molar-refractivity contribution is 0.278. The summed E-state index contributed by atoms with van der Waals surface area (Å²) < 4.78 is 0. The molecule has 2 aromatic heterocycles. The van der Waals surface area contributed by atoms with Gasteiger partial charge in [-0.15, -0.1) is 0 Å². The predicted octanol–water partition coefficient (Wildman–Crippen LogP) is 0.0324. The van der Waals surface area contributed by atoms with E-state index in [1.807, 2.05) is 0 Å². The predicted molar refractivity (Wildman–Crippen MR) is 44.2 cm³/mol. The summed E-state index contributed by atoms with van der Waals surface area (Å²) in [5, 5.41) is 16.2. The fourth-order valence-corrected chi connectivity index (χ4v) is 1.08. The molecule has 0 amide bonds. The maximum Gasteiger partial charge on any atom is 0.183 e. The summed E-state index contributed by atoms with van der Waals surface area (Å²) in [4.78, 5) is 3.97. The van der Waals surface area contributed by atoms with E-state index in [2.05, 4.69) is 15.2 Å². The zero-order valence-corrected chi connectivity index (χ0v) is 6.28. The summed E-state index contributed by atoms with van der Waals surface area (Å²) >= 11 is 0. The molecule has 5 nitrogen and oxygen atoms in total. The fourth-order valence-electron chi connectivity index (χ4n) is 1.08. The lowest BCUT2D eigenvalue weighted by Gasteiger charge is -1.91. The van der Waals surface area contributed by atoms with Crippen LogP contribution in [0.2, 0.25) is 0 Å². The van der Waals surface area contributed by atoms with Crippen LogP contribution in [-0.2, 0) is 6.61 Å². The van der Waals surface area contributed by atoms with Crippen LogP contribution in [0.15, 0.2) is 12.1 Å². The molecule has 0 unspecified atom stereocenters. The van der Waals surface area contributed by atoms with Crippen LogP contribution in [0.25, 0.3) is 11.0 Å². The highest BCUT2D eigenvalue weighted by molar-refractivity contribution is 5.78. The van der Waals surface area contributed by atoms with Crippen molar-refractivity contribution in [2.24, 2.45) is 0 Å². The largest absolute Gasteiger partial charge is 0.390 e. The fraction of sp³-hybridized carbons (Fsp3) is 0.143. The van der Waals surface area contributed by atoms with Gasteiger partial charge < -0.3 is 10.8 Å². The molecule has 5 heteroatoms. The number of nitrogens with two attached hydrogens (primary N) is 1. The molecule has 0 saturated heterocycles. The minimum absolute atomic E-state index is 0.0674. The van der Waals surface area contributed by atoms with Gasteiger partial charge in [-0.25, -0.2) is 4.98 Å². The Balaban J connectivity index is 2.73. The van der Waals surface area contributed by atoms with Crippen molar-refractivity contribution in [2.45, 2.75) is 6.61 Å². The van der Waals surface area contributed by atoms with E-state index in [-0.39, 0.29) is 6.61 Å². The van der Waals surface area contributed by atoms with Gasteiger partial charge in [-0.3, -0.25) is 5.10 Å². The minimum Gasteiger partial charge on any atom is -0.390 e. The van der Waals surface area contributed by atoms with E-state index in [9.17, 15) is 0 Å².